The van der Waals surface area contributed by atoms with Crippen molar-refractivity contribution in [1.29, 1.82) is 0 Å². The normalized spacial score (nSPS) is 15.9. The van der Waals surface area contributed by atoms with Crippen molar-refractivity contribution >= 4 is 5.91 Å². The summed E-state index contributed by atoms with van der Waals surface area (Å²) < 4.78 is 82.3. The summed E-state index contributed by atoms with van der Waals surface area (Å²) in [6, 6.07) is 4.71. The number of hydrogen-bond acceptors (Lipinski definition) is 2. The monoisotopic (exact) mass is 497 g/mol. The number of alkyl halides is 6. The van der Waals surface area contributed by atoms with Gasteiger partial charge < -0.3 is 5.32 Å². The number of aromatic nitrogens is 3. The average Bonchev–Trinajstić information content (AvgIpc) is 3.30. The highest BCUT2D eigenvalue weighted by atomic mass is 19.4. The van der Waals surface area contributed by atoms with E-state index in [-0.39, 0.29) is 18.7 Å². The van der Waals surface area contributed by atoms with Crippen LogP contribution in [-0.2, 0) is 18.8 Å². The molecule has 4 rings (SSSR count). The summed E-state index contributed by atoms with van der Waals surface area (Å²) >= 11 is 0. The second-order valence-corrected chi connectivity index (χ2v) is 8.83. The molecule has 2 heterocycles. The number of halogens is 6. The predicted molar refractivity (Wildman–Crippen MR) is 114 cm³/mol. The van der Waals surface area contributed by atoms with Crippen LogP contribution in [0.5, 0.6) is 0 Å². The van der Waals surface area contributed by atoms with Gasteiger partial charge in [0.15, 0.2) is 0 Å². The van der Waals surface area contributed by atoms with Crippen molar-refractivity contribution in [3.05, 3.63) is 75.9 Å². The predicted octanol–water partition coefficient (Wildman–Crippen LogP) is 5.04. The number of amides is 1. The van der Waals surface area contributed by atoms with Crippen molar-refractivity contribution < 1.29 is 35.7 Å². The Kier molecular flexibility index (Phi) is 6.14. The molecule has 186 valence electrons. The Balaban J connectivity index is 1.54. The van der Waals surface area contributed by atoms with E-state index in [0.717, 1.165) is 28.2 Å². The molecular formula is C24H23F6N4O+. The summed E-state index contributed by atoms with van der Waals surface area (Å²) in [6.07, 6.45) is -6.98. The van der Waals surface area contributed by atoms with Gasteiger partial charge in [0, 0.05) is 17.1 Å². The number of carbonyl (C=O) groups excluding carboxylic acids is 1. The standard InChI is InChI=1S/C24H22F6N4O/c1-13-6-14(2)21(15(3)7-13)34-12-33-19(4-5-20(33)32-34)11-31-22(35)16-8-17(23(25,26)27)10-18(9-16)24(28,29)30/h6-10,12,19H,4-5,11H2,1-3H3/p+1/t19-/m0/s1. The Morgan fingerprint density at radius 1 is 1.00 bits per heavy atom. The number of rotatable bonds is 4. The number of benzene rings is 2. The lowest BCUT2D eigenvalue weighted by molar-refractivity contribution is -0.714. The lowest BCUT2D eigenvalue weighted by atomic mass is 10.0. The summed E-state index contributed by atoms with van der Waals surface area (Å²) in [5.41, 5.74) is 0.388. The highest BCUT2D eigenvalue weighted by Gasteiger charge is 2.38. The quantitative estimate of drug-likeness (QED) is 0.406. The van der Waals surface area contributed by atoms with Crippen molar-refractivity contribution in [1.82, 2.24) is 15.1 Å². The Morgan fingerprint density at radius 2 is 1.57 bits per heavy atom. The van der Waals surface area contributed by atoms with Gasteiger partial charge in [0.1, 0.15) is 5.69 Å². The van der Waals surface area contributed by atoms with Gasteiger partial charge >= 0.3 is 12.4 Å². The molecule has 5 nitrogen and oxygen atoms in total. The van der Waals surface area contributed by atoms with E-state index in [9.17, 15) is 31.1 Å². The maximum Gasteiger partial charge on any atom is 0.416 e. The van der Waals surface area contributed by atoms with Gasteiger partial charge in [-0.25, -0.2) is 4.57 Å². The second kappa shape index (κ2) is 8.69. The van der Waals surface area contributed by atoms with Crippen molar-refractivity contribution in [2.45, 2.75) is 52.0 Å². The van der Waals surface area contributed by atoms with Crippen LogP contribution in [-0.4, -0.2) is 22.2 Å². The Morgan fingerprint density at radius 3 is 2.11 bits per heavy atom. The molecule has 0 radical (unpaired) electrons. The summed E-state index contributed by atoms with van der Waals surface area (Å²) in [7, 11) is 0. The topological polar surface area (TPSA) is 50.8 Å². The van der Waals surface area contributed by atoms with Gasteiger partial charge in [-0.2, -0.15) is 26.3 Å². The number of hydrogen-bond donors (Lipinski definition) is 1. The molecule has 0 bridgehead atoms. The molecule has 0 saturated carbocycles. The first kappa shape index (κ1) is 24.7. The van der Waals surface area contributed by atoms with E-state index in [2.05, 4.69) is 10.4 Å². The zero-order chi connectivity index (χ0) is 25.7. The molecule has 0 aliphatic carbocycles. The number of carbonyl (C=O) groups is 1. The van der Waals surface area contributed by atoms with Crippen molar-refractivity contribution in [2.24, 2.45) is 0 Å². The summed E-state index contributed by atoms with van der Waals surface area (Å²) in [5, 5.41) is 7.13. The SMILES string of the molecule is Cc1cc(C)c(-n2c[n+]3c(n2)CC[C@H]3CNC(=O)c2cc(C(F)(F)F)cc(C(F)(F)F)c2)c(C)c1. The third kappa shape index (κ3) is 5.03. The van der Waals surface area contributed by atoms with Crippen molar-refractivity contribution in [3.63, 3.8) is 0 Å². The van der Waals surface area contributed by atoms with Crippen LogP contribution in [0.15, 0.2) is 36.7 Å². The Bertz CT molecular complexity index is 1240. The van der Waals surface area contributed by atoms with Crippen LogP contribution < -0.4 is 9.88 Å². The first-order valence-electron chi connectivity index (χ1n) is 10.9. The average molecular weight is 497 g/mol. The van der Waals surface area contributed by atoms with E-state index in [1.165, 1.54) is 0 Å². The fourth-order valence-electron chi connectivity index (χ4n) is 4.55. The van der Waals surface area contributed by atoms with E-state index in [1.807, 2.05) is 37.5 Å². The minimum absolute atomic E-state index is 0.000674. The van der Waals surface area contributed by atoms with Gasteiger partial charge in [-0.1, -0.05) is 22.4 Å². The Labute approximate surface area is 197 Å². The van der Waals surface area contributed by atoms with Gasteiger partial charge in [-0.15, -0.1) is 0 Å². The molecule has 0 fully saturated rings. The zero-order valence-electron chi connectivity index (χ0n) is 19.2. The van der Waals surface area contributed by atoms with E-state index in [1.54, 1.807) is 11.0 Å². The third-order valence-electron chi connectivity index (χ3n) is 6.06. The van der Waals surface area contributed by atoms with Crippen LogP contribution in [0.1, 0.15) is 56.5 Å². The highest BCUT2D eigenvalue weighted by molar-refractivity contribution is 5.94. The van der Waals surface area contributed by atoms with Crippen LogP contribution >= 0.6 is 0 Å². The number of nitrogens with one attached hydrogen (secondary N) is 1. The maximum absolute atomic E-state index is 13.1. The molecule has 1 N–H and O–H groups in total. The lowest BCUT2D eigenvalue weighted by Crippen LogP contribution is -2.43. The largest absolute Gasteiger partial charge is 0.416 e. The molecule has 1 aliphatic heterocycles. The summed E-state index contributed by atoms with van der Waals surface area (Å²) in [5.74, 6) is -0.227. The van der Waals surface area contributed by atoms with Crippen molar-refractivity contribution in [3.8, 4) is 5.69 Å². The maximum atomic E-state index is 13.1. The fraction of sp³-hybridized carbons (Fsp3) is 0.375. The molecule has 1 aliphatic rings. The molecule has 1 atom stereocenters. The molecule has 0 spiro atoms. The zero-order valence-corrected chi connectivity index (χ0v) is 19.2. The van der Waals surface area contributed by atoms with Crippen LogP contribution in [0, 0.1) is 20.8 Å². The van der Waals surface area contributed by atoms with Crippen LogP contribution in [0.3, 0.4) is 0 Å². The molecular weight excluding hydrogens is 474 g/mol. The summed E-state index contributed by atoms with van der Waals surface area (Å²) in [6.45, 7) is 6.00. The molecule has 2 aromatic carbocycles. The first-order valence-corrected chi connectivity index (χ1v) is 10.9. The van der Waals surface area contributed by atoms with Crippen molar-refractivity contribution in [2.75, 3.05) is 6.54 Å². The number of nitrogens with zero attached hydrogens (tertiary/aromatic N) is 3. The molecule has 11 heteroatoms. The fourth-order valence-corrected chi connectivity index (χ4v) is 4.55. The van der Waals surface area contributed by atoms with E-state index in [4.69, 9.17) is 0 Å². The minimum Gasteiger partial charge on any atom is -0.349 e. The van der Waals surface area contributed by atoms with Gasteiger partial charge in [0.2, 0.25) is 6.33 Å². The van der Waals surface area contributed by atoms with E-state index < -0.39 is 35.0 Å². The van der Waals surface area contributed by atoms with Crippen LogP contribution in [0.2, 0.25) is 0 Å². The Hall–Kier alpha value is -3.37. The smallest absolute Gasteiger partial charge is 0.349 e. The van der Waals surface area contributed by atoms with Gasteiger partial charge in [-0.3, -0.25) is 4.79 Å². The second-order valence-electron chi connectivity index (χ2n) is 8.83. The van der Waals surface area contributed by atoms with E-state index in [0.29, 0.717) is 25.0 Å². The first-order chi connectivity index (χ1) is 16.2. The minimum atomic E-state index is -5.02. The number of aryl methyl sites for hydroxylation is 4. The van der Waals surface area contributed by atoms with Gasteiger partial charge in [-0.05, 0) is 56.5 Å². The van der Waals surface area contributed by atoms with Gasteiger partial charge in [0.25, 0.3) is 11.7 Å². The van der Waals surface area contributed by atoms with Crippen LogP contribution in [0.4, 0.5) is 26.3 Å². The highest BCUT2D eigenvalue weighted by Crippen LogP contribution is 2.36. The summed E-state index contributed by atoms with van der Waals surface area (Å²) in [4.78, 5) is 12.5. The van der Waals surface area contributed by atoms with E-state index >= 15 is 0 Å². The molecule has 1 amide bonds. The molecule has 0 saturated heterocycles. The molecule has 35 heavy (non-hydrogen) atoms. The lowest BCUT2D eigenvalue weighted by Gasteiger charge is -2.15. The molecule has 0 unspecified atom stereocenters. The van der Waals surface area contributed by atoms with Crippen LogP contribution in [0.25, 0.3) is 5.69 Å². The molecule has 1 aromatic heterocycles. The van der Waals surface area contributed by atoms with Gasteiger partial charge in [0.05, 0.1) is 23.7 Å². The molecule has 3 aromatic rings. The third-order valence-corrected chi connectivity index (χ3v) is 6.06. The number of fused-ring (bicyclic) bond motifs is 1.